The van der Waals surface area contributed by atoms with Gasteiger partial charge in [0.25, 0.3) is 5.56 Å². The smallest absolute Gasteiger partial charge is 0.310 e. The standard InChI is InChI=1S/C20H23N5O2/c1-4-11-23-15(14-9-7-6-8-10-14)13-25-16-17(21-19(23)25)22(3)20(27)24(12-5-2)18(16)26/h6-10,13H,4-5,11-12H2,1-3H3. The maximum Gasteiger partial charge on any atom is 0.332 e. The highest BCUT2D eigenvalue weighted by atomic mass is 16.2. The molecule has 0 radical (unpaired) electrons. The lowest BCUT2D eigenvalue weighted by molar-refractivity contribution is 0.592. The van der Waals surface area contributed by atoms with E-state index in [1.165, 1.54) is 9.13 Å². The molecule has 4 aromatic rings. The van der Waals surface area contributed by atoms with E-state index in [4.69, 9.17) is 0 Å². The second kappa shape index (κ2) is 6.57. The Morgan fingerprint density at radius 2 is 1.63 bits per heavy atom. The van der Waals surface area contributed by atoms with Crippen molar-refractivity contribution in [3.63, 3.8) is 0 Å². The molecule has 0 bridgehead atoms. The highest BCUT2D eigenvalue weighted by Crippen LogP contribution is 2.25. The maximum absolute atomic E-state index is 13.1. The summed E-state index contributed by atoms with van der Waals surface area (Å²) in [5, 5.41) is 0. The molecule has 140 valence electrons. The Labute approximate surface area is 156 Å². The minimum absolute atomic E-state index is 0.282. The van der Waals surface area contributed by atoms with Crippen molar-refractivity contribution in [2.45, 2.75) is 39.8 Å². The maximum atomic E-state index is 13.1. The third-order valence-electron chi connectivity index (χ3n) is 4.90. The van der Waals surface area contributed by atoms with E-state index in [-0.39, 0.29) is 11.2 Å². The van der Waals surface area contributed by atoms with Gasteiger partial charge < -0.3 is 4.57 Å². The van der Waals surface area contributed by atoms with Gasteiger partial charge in [-0.25, -0.2) is 4.79 Å². The highest BCUT2D eigenvalue weighted by Gasteiger charge is 2.21. The molecule has 0 saturated heterocycles. The fourth-order valence-corrected chi connectivity index (χ4v) is 3.64. The van der Waals surface area contributed by atoms with Crippen LogP contribution in [0.15, 0.2) is 46.1 Å². The van der Waals surface area contributed by atoms with Crippen LogP contribution in [-0.4, -0.2) is 23.1 Å². The molecule has 3 heterocycles. The zero-order valence-electron chi connectivity index (χ0n) is 15.8. The number of rotatable bonds is 5. The summed E-state index contributed by atoms with van der Waals surface area (Å²) in [6.07, 6.45) is 3.61. The van der Waals surface area contributed by atoms with Gasteiger partial charge in [-0.15, -0.1) is 0 Å². The molecule has 0 fully saturated rings. The van der Waals surface area contributed by atoms with Crippen molar-refractivity contribution < 1.29 is 0 Å². The van der Waals surface area contributed by atoms with Gasteiger partial charge in [-0.2, -0.15) is 4.98 Å². The fourth-order valence-electron chi connectivity index (χ4n) is 3.64. The molecule has 0 N–H and O–H groups in total. The zero-order chi connectivity index (χ0) is 19.1. The molecule has 1 aromatic carbocycles. The van der Waals surface area contributed by atoms with Crippen molar-refractivity contribution in [2.24, 2.45) is 7.05 Å². The van der Waals surface area contributed by atoms with Crippen molar-refractivity contribution in [3.8, 4) is 11.3 Å². The number of aromatic nitrogens is 5. The first-order valence-electron chi connectivity index (χ1n) is 9.35. The topological polar surface area (TPSA) is 66.2 Å². The zero-order valence-corrected chi connectivity index (χ0v) is 15.8. The van der Waals surface area contributed by atoms with E-state index in [9.17, 15) is 9.59 Å². The second-order valence-corrected chi connectivity index (χ2v) is 6.78. The van der Waals surface area contributed by atoms with Crippen molar-refractivity contribution >= 4 is 16.9 Å². The van der Waals surface area contributed by atoms with Gasteiger partial charge >= 0.3 is 5.69 Å². The lowest BCUT2D eigenvalue weighted by Crippen LogP contribution is -2.39. The third kappa shape index (κ3) is 2.53. The minimum atomic E-state index is -0.319. The van der Waals surface area contributed by atoms with E-state index >= 15 is 0 Å². The van der Waals surface area contributed by atoms with Crippen molar-refractivity contribution in [1.82, 2.24) is 23.1 Å². The molecule has 0 unspecified atom stereocenters. The molecule has 7 heteroatoms. The van der Waals surface area contributed by atoms with Gasteiger partial charge in [0, 0.05) is 26.3 Å². The largest absolute Gasteiger partial charge is 0.332 e. The van der Waals surface area contributed by atoms with Crippen molar-refractivity contribution in [3.05, 3.63) is 57.4 Å². The average molecular weight is 365 g/mol. The van der Waals surface area contributed by atoms with Crippen LogP contribution in [-0.2, 0) is 20.1 Å². The van der Waals surface area contributed by atoms with Crippen LogP contribution in [0, 0.1) is 0 Å². The van der Waals surface area contributed by atoms with E-state index in [0.717, 1.165) is 24.2 Å². The Balaban J connectivity index is 2.12. The summed E-state index contributed by atoms with van der Waals surface area (Å²) in [7, 11) is 1.67. The number of nitrogens with zero attached hydrogens (tertiary/aromatic N) is 5. The summed E-state index contributed by atoms with van der Waals surface area (Å²) in [4.78, 5) is 30.3. The van der Waals surface area contributed by atoms with E-state index < -0.39 is 0 Å². The van der Waals surface area contributed by atoms with E-state index in [2.05, 4.69) is 16.5 Å². The van der Waals surface area contributed by atoms with Crippen LogP contribution < -0.4 is 11.2 Å². The molecule has 7 nitrogen and oxygen atoms in total. The molecule has 0 amide bonds. The van der Waals surface area contributed by atoms with Gasteiger partial charge in [0.2, 0.25) is 5.78 Å². The number of fused-ring (bicyclic) bond motifs is 3. The fraction of sp³-hybridized carbons (Fsp3) is 0.350. The van der Waals surface area contributed by atoms with E-state index in [1.807, 2.05) is 47.9 Å². The normalized spacial score (nSPS) is 11.7. The molecular formula is C20H23N5O2. The summed E-state index contributed by atoms with van der Waals surface area (Å²) < 4.78 is 6.72. The van der Waals surface area contributed by atoms with Crippen LogP contribution in [0.1, 0.15) is 26.7 Å². The predicted molar refractivity (Wildman–Crippen MR) is 106 cm³/mol. The minimum Gasteiger partial charge on any atom is -0.310 e. The molecule has 4 rings (SSSR count). The molecule has 0 saturated carbocycles. The first-order valence-corrected chi connectivity index (χ1v) is 9.35. The van der Waals surface area contributed by atoms with Crippen molar-refractivity contribution in [1.29, 1.82) is 0 Å². The van der Waals surface area contributed by atoms with Crippen LogP contribution in [0.4, 0.5) is 0 Å². The summed E-state index contributed by atoms with van der Waals surface area (Å²) >= 11 is 0. The second-order valence-electron chi connectivity index (χ2n) is 6.78. The summed E-state index contributed by atoms with van der Waals surface area (Å²) in [6.45, 7) is 5.24. The Morgan fingerprint density at radius 3 is 2.30 bits per heavy atom. The summed E-state index contributed by atoms with van der Waals surface area (Å²) in [6, 6.07) is 10.1. The third-order valence-corrected chi connectivity index (χ3v) is 4.90. The number of hydrogen-bond donors (Lipinski definition) is 0. The van der Waals surface area contributed by atoms with E-state index in [1.54, 1.807) is 7.05 Å². The number of hydrogen-bond acceptors (Lipinski definition) is 3. The van der Waals surface area contributed by atoms with E-state index in [0.29, 0.717) is 29.9 Å². The van der Waals surface area contributed by atoms with Gasteiger partial charge in [-0.1, -0.05) is 44.2 Å². The molecule has 0 spiro atoms. The van der Waals surface area contributed by atoms with Crippen LogP contribution >= 0.6 is 0 Å². The predicted octanol–water partition coefficient (Wildman–Crippen LogP) is 2.64. The Hall–Kier alpha value is -3.09. The first kappa shape index (κ1) is 17.3. The molecule has 3 aromatic heterocycles. The Morgan fingerprint density at radius 1 is 0.963 bits per heavy atom. The summed E-state index contributed by atoms with van der Waals surface area (Å²) in [5.41, 5.74) is 2.36. The molecular weight excluding hydrogens is 342 g/mol. The number of benzene rings is 1. The average Bonchev–Trinajstić information content (AvgIpc) is 3.22. The van der Waals surface area contributed by atoms with Gasteiger partial charge in [-0.3, -0.25) is 18.3 Å². The number of aryl methyl sites for hydroxylation is 2. The molecule has 0 atom stereocenters. The van der Waals surface area contributed by atoms with Gasteiger partial charge in [-0.05, 0) is 18.4 Å². The van der Waals surface area contributed by atoms with Crippen LogP contribution in [0.2, 0.25) is 0 Å². The number of imidazole rings is 2. The van der Waals surface area contributed by atoms with Crippen LogP contribution in [0.25, 0.3) is 28.2 Å². The molecule has 0 aliphatic heterocycles. The first-order chi connectivity index (χ1) is 13.1. The SMILES string of the molecule is CCCn1c(=O)c2c(nc3n(CCC)c(-c4ccccc4)cn23)n(C)c1=O. The molecule has 0 aliphatic rings. The molecule has 27 heavy (non-hydrogen) atoms. The summed E-state index contributed by atoms with van der Waals surface area (Å²) in [5.74, 6) is 0.687. The van der Waals surface area contributed by atoms with Crippen molar-refractivity contribution in [2.75, 3.05) is 0 Å². The van der Waals surface area contributed by atoms with Gasteiger partial charge in [0.15, 0.2) is 11.2 Å². The van der Waals surface area contributed by atoms with Gasteiger partial charge in [0.05, 0.1) is 5.69 Å². The Bertz CT molecular complexity index is 1240. The van der Waals surface area contributed by atoms with Gasteiger partial charge in [0.1, 0.15) is 0 Å². The van der Waals surface area contributed by atoms with Crippen LogP contribution in [0.3, 0.4) is 0 Å². The van der Waals surface area contributed by atoms with Crippen LogP contribution in [0.5, 0.6) is 0 Å². The lowest BCUT2D eigenvalue weighted by atomic mass is 10.2. The highest BCUT2D eigenvalue weighted by molar-refractivity contribution is 5.78. The molecule has 0 aliphatic carbocycles. The quantitative estimate of drug-likeness (QED) is 0.546. The Kier molecular flexibility index (Phi) is 4.22. The lowest BCUT2D eigenvalue weighted by Gasteiger charge is -2.07. The monoisotopic (exact) mass is 365 g/mol.